The van der Waals surface area contributed by atoms with Gasteiger partial charge in [-0.1, -0.05) is 13.0 Å². The number of benzene rings is 1. The van der Waals surface area contributed by atoms with E-state index in [1.54, 1.807) is 6.07 Å². The van der Waals surface area contributed by atoms with Gasteiger partial charge < -0.3 is 15.5 Å². The molecule has 1 aromatic carbocycles. The van der Waals surface area contributed by atoms with Crippen molar-refractivity contribution in [2.24, 2.45) is 0 Å². The summed E-state index contributed by atoms with van der Waals surface area (Å²) in [5.41, 5.74) is 3.11. The standard InChI is InChI=1S/C20H24N4O3/c1-4-13-5-6-16-14(10-13)15(9-12(2)23-16)20(27)24-8-7-22-19(26)17(24)11-18(25)21-3/h5-6,9-10,17H,4,7-8,11H2,1-3H3,(H,21,25)(H,22,26)/t17-/m1/s1. The second-order valence-corrected chi connectivity index (χ2v) is 6.70. The van der Waals surface area contributed by atoms with Crippen molar-refractivity contribution in [3.8, 4) is 0 Å². The van der Waals surface area contributed by atoms with Crippen LogP contribution in [0.4, 0.5) is 0 Å². The van der Waals surface area contributed by atoms with Gasteiger partial charge in [0.15, 0.2) is 0 Å². The number of piperazine rings is 1. The zero-order valence-corrected chi connectivity index (χ0v) is 15.8. The van der Waals surface area contributed by atoms with E-state index in [2.05, 4.69) is 22.5 Å². The van der Waals surface area contributed by atoms with E-state index in [1.807, 2.05) is 25.1 Å². The summed E-state index contributed by atoms with van der Waals surface area (Å²) < 4.78 is 0. The summed E-state index contributed by atoms with van der Waals surface area (Å²) in [6.45, 7) is 4.63. The number of hydrogen-bond donors (Lipinski definition) is 2. The highest BCUT2D eigenvalue weighted by molar-refractivity contribution is 6.08. The van der Waals surface area contributed by atoms with Crippen LogP contribution in [-0.2, 0) is 16.0 Å². The number of hydrogen-bond acceptors (Lipinski definition) is 4. The number of amides is 3. The first kappa shape index (κ1) is 18.8. The lowest BCUT2D eigenvalue weighted by Gasteiger charge is -2.35. The van der Waals surface area contributed by atoms with Crippen LogP contribution in [0.15, 0.2) is 24.3 Å². The third kappa shape index (κ3) is 3.77. The smallest absolute Gasteiger partial charge is 0.255 e. The van der Waals surface area contributed by atoms with Crippen LogP contribution in [0.1, 0.15) is 35.0 Å². The number of aromatic nitrogens is 1. The highest BCUT2D eigenvalue weighted by Crippen LogP contribution is 2.24. The lowest BCUT2D eigenvalue weighted by molar-refractivity contribution is -0.132. The average Bonchev–Trinajstić information content (AvgIpc) is 2.67. The van der Waals surface area contributed by atoms with Crippen molar-refractivity contribution >= 4 is 28.6 Å². The molecule has 0 bridgehead atoms. The Hall–Kier alpha value is -2.96. The minimum absolute atomic E-state index is 0.0592. The van der Waals surface area contributed by atoms with Crippen molar-refractivity contribution in [1.82, 2.24) is 20.5 Å². The number of nitrogens with one attached hydrogen (secondary N) is 2. The van der Waals surface area contributed by atoms with Gasteiger partial charge in [0, 0.05) is 31.2 Å². The molecule has 0 radical (unpaired) electrons. The van der Waals surface area contributed by atoms with Crippen LogP contribution in [0.25, 0.3) is 10.9 Å². The van der Waals surface area contributed by atoms with E-state index in [0.29, 0.717) is 18.7 Å². The molecule has 2 N–H and O–H groups in total. The summed E-state index contributed by atoms with van der Waals surface area (Å²) in [6, 6.07) is 6.85. The van der Waals surface area contributed by atoms with Crippen molar-refractivity contribution in [2.45, 2.75) is 32.7 Å². The minimum Gasteiger partial charge on any atom is -0.359 e. The van der Waals surface area contributed by atoms with Gasteiger partial charge in [0.25, 0.3) is 5.91 Å². The van der Waals surface area contributed by atoms with Crippen molar-refractivity contribution in [3.63, 3.8) is 0 Å². The second-order valence-electron chi connectivity index (χ2n) is 6.70. The van der Waals surface area contributed by atoms with Crippen LogP contribution in [0.2, 0.25) is 0 Å². The van der Waals surface area contributed by atoms with Gasteiger partial charge in [0.05, 0.1) is 17.5 Å². The number of aryl methyl sites for hydroxylation is 2. The van der Waals surface area contributed by atoms with Crippen molar-refractivity contribution in [2.75, 3.05) is 20.1 Å². The molecule has 1 aromatic heterocycles. The van der Waals surface area contributed by atoms with Crippen molar-refractivity contribution in [1.29, 1.82) is 0 Å². The van der Waals surface area contributed by atoms with Crippen LogP contribution in [-0.4, -0.2) is 53.8 Å². The largest absolute Gasteiger partial charge is 0.359 e. The second kappa shape index (κ2) is 7.73. The number of pyridine rings is 1. The summed E-state index contributed by atoms with van der Waals surface area (Å²) in [4.78, 5) is 43.6. The molecule has 0 unspecified atom stereocenters. The molecule has 3 rings (SSSR count). The molecule has 7 heteroatoms. The molecule has 2 aromatic rings. The van der Waals surface area contributed by atoms with E-state index >= 15 is 0 Å². The van der Waals surface area contributed by atoms with Crippen LogP contribution < -0.4 is 10.6 Å². The van der Waals surface area contributed by atoms with Gasteiger partial charge >= 0.3 is 0 Å². The molecule has 7 nitrogen and oxygen atoms in total. The molecule has 3 amide bonds. The first-order valence-corrected chi connectivity index (χ1v) is 9.14. The van der Waals surface area contributed by atoms with Crippen molar-refractivity contribution < 1.29 is 14.4 Å². The molecule has 0 aliphatic carbocycles. The predicted octanol–water partition coefficient (Wildman–Crippen LogP) is 1.18. The quantitative estimate of drug-likeness (QED) is 0.848. The van der Waals surface area contributed by atoms with E-state index < -0.39 is 6.04 Å². The monoisotopic (exact) mass is 368 g/mol. The summed E-state index contributed by atoms with van der Waals surface area (Å²) >= 11 is 0. The van der Waals surface area contributed by atoms with Crippen LogP contribution in [0.3, 0.4) is 0 Å². The van der Waals surface area contributed by atoms with Crippen LogP contribution >= 0.6 is 0 Å². The molecule has 142 valence electrons. The highest BCUT2D eigenvalue weighted by atomic mass is 16.2. The van der Waals surface area contributed by atoms with Gasteiger partial charge in [-0.2, -0.15) is 0 Å². The Morgan fingerprint density at radius 1 is 1.33 bits per heavy atom. The fourth-order valence-corrected chi connectivity index (χ4v) is 3.40. The Morgan fingerprint density at radius 2 is 2.11 bits per heavy atom. The maximum absolute atomic E-state index is 13.4. The van der Waals surface area contributed by atoms with E-state index in [4.69, 9.17) is 0 Å². The summed E-state index contributed by atoms with van der Waals surface area (Å²) in [6.07, 6.45) is 0.791. The number of carbonyl (C=O) groups excluding carboxylic acids is 3. The number of rotatable bonds is 4. The minimum atomic E-state index is -0.816. The topological polar surface area (TPSA) is 91.4 Å². The molecule has 2 heterocycles. The van der Waals surface area contributed by atoms with Gasteiger partial charge in [-0.3, -0.25) is 19.4 Å². The molecule has 1 fully saturated rings. The molecule has 1 aliphatic heterocycles. The molecule has 27 heavy (non-hydrogen) atoms. The van der Waals surface area contributed by atoms with E-state index in [1.165, 1.54) is 11.9 Å². The number of carbonyl (C=O) groups is 3. The van der Waals surface area contributed by atoms with Gasteiger partial charge in [-0.05, 0) is 37.1 Å². The molecule has 1 atom stereocenters. The molecular weight excluding hydrogens is 344 g/mol. The maximum Gasteiger partial charge on any atom is 0.255 e. The Morgan fingerprint density at radius 3 is 2.81 bits per heavy atom. The van der Waals surface area contributed by atoms with Gasteiger partial charge in [-0.15, -0.1) is 0 Å². The van der Waals surface area contributed by atoms with Gasteiger partial charge in [0.1, 0.15) is 6.04 Å². The zero-order valence-electron chi connectivity index (χ0n) is 15.8. The molecule has 0 spiro atoms. The summed E-state index contributed by atoms with van der Waals surface area (Å²) in [5.74, 6) is -0.830. The predicted molar refractivity (Wildman–Crippen MR) is 102 cm³/mol. The normalized spacial score (nSPS) is 16.9. The number of nitrogens with zero attached hydrogens (tertiary/aromatic N) is 2. The summed E-state index contributed by atoms with van der Waals surface area (Å²) in [7, 11) is 1.52. The average molecular weight is 368 g/mol. The lowest BCUT2D eigenvalue weighted by atomic mass is 10.0. The zero-order chi connectivity index (χ0) is 19.6. The SMILES string of the molecule is CCc1ccc2nc(C)cc(C(=O)N3CCNC(=O)[C@H]3CC(=O)NC)c2c1. The Labute approximate surface area is 158 Å². The van der Waals surface area contributed by atoms with Crippen LogP contribution in [0.5, 0.6) is 0 Å². The van der Waals surface area contributed by atoms with Crippen molar-refractivity contribution in [3.05, 3.63) is 41.1 Å². The lowest BCUT2D eigenvalue weighted by Crippen LogP contribution is -2.58. The molecule has 1 saturated heterocycles. The number of fused-ring (bicyclic) bond motifs is 1. The van der Waals surface area contributed by atoms with E-state index in [0.717, 1.165) is 28.6 Å². The van der Waals surface area contributed by atoms with Crippen LogP contribution in [0, 0.1) is 6.92 Å². The van der Waals surface area contributed by atoms with Gasteiger partial charge in [-0.25, -0.2) is 0 Å². The van der Waals surface area contributed by atoms with E-state index in [-0.39, 0.29) is 24.1 Å². The Balaban J connectivity index is 2.05. The third-order valence-electron chi connectivity index (χ3n) is 4.89. The summed E-state index contributed by atoms with van der Waals surface area (Å²) in [5, 5.41) is 6.03. The molecule has 1 aliphatic rings. The molecular formula is C20H24N4O3. The molecule has 0 saturated carbocycles. The Kier molecular flexibility index (Phi) is 5.39. The Bertz CT molecular complexity index is 909. The highest BCUT2D eigenvalue weighted by Gasteiger charge is 2.35. The fraction of sp³-hybridized carbons (Fsp3) is 0.400. The first-order valence-electron chi connectivity index (χ1n) is 9.14. The maximum atomic E-state index is 13.4. The van der Waals surface area contributed by atoms with E-state index in [9.17, 15) is 14.4 Å². The van der Waals surface area contributed by atoms with Gasteiger partial charge in [0.2, 0.25) is 11.8 Å². The third-order valence-corrected chi connectivity index (χ3v) is 4.89. The fourth-order valence-electron chi connectivity index (χ4n) is 3.40. The first-order chi connectivity index (χ1) is 12.9.